The molecule has 0 radical (unpaired) electrons. The van der Waals surface area contributed by atoms with E-state index in [0.29, 0.717) is 10.9 Å². The van der Waals surface area contributed by atoms with E-state index < -0.39 is 0 Å². The molecule has 0 aliphatic rings. The second-order valence-corrected chi connectivity index (χ2v) is 4.31. The molecule has 17 heavy (non-hydrogen) atoms. The third-order valence-corrected chi connectivity index (χ3v) is 2.74. The first kappa shape index (κ1) is 11.9. The summed E-state index contributed by atoms with van der Waals surface area (Å²) < 4.78 is 5.66. The van der Waals surface area contributed by atoms with Crippen LogP contribution in [0.15, 0.2) is 36.5 Å². The fourth-order valence-electron chi connectivity index (χ4n) is 1.54. The van der Waals surface area contributed by atoms with Crippen molar-refractivity contribution in [1.82, 2.24) is 4.98 Å². The summed E-state index contributed by atoms with van der Waals surface area (Å²) in [4.78, 5) is 4.17. The molecular formula is C14H14ClNO. The second-order valence-electron chi connectivity index (χ2n) is 3.90. The number of nitrogens with zero attached hydrogens (tertiary/aromatic N) is 1. The number of halogens is 1. The SMILES string of the molecule is CCc1cccc(Oc2ncc(C)cc2Cl)c1. The molecule has 1 aromatic heterocycles. The summed E-state index contributed by atoms with van der Waals surface area (Å²) in [7, 11) is 0. The van der Waals surface area contributed by atoms with Gasteiger partial charge in [0.2, 0.25) is 5.88 Å². The van der Waals surface area contributed by atoms with Gasteiger partial charge in [-0.1, -0.05) is 30.7 Å². The minimum Gasteiger partial charge on any atom is -0.438 e. The Hall–Kier alpha value is -1.54. The molecule has 1 heterocycles. The molecule has 1 aromatic carbocycles. The Bertz CT molecular complexity index is 525. The molecule has 0 saturated heterocycles. The van der Waals surface area contributed by atoms with Gasteiger partial charge in [-0.15, -0.1) is 0 Å². The Balaban J connectivity index is 2.25. The number of benzene rings is 1. The number of pyridine rings is 1. The Morgan fingerprint density at radius 2 is 2.12 bits per heavy atom. The van der Waals surface area contributed by atoms with Gasteiger partial charge in [0.15, 0.2) is 0 Å². The van der Waals surface area contributed by atoms with Crippen LogP contribution in [0.4, 0.5) is 0 Å². The topological polar surface area (TPSA) is 22.1 Å². The molecule has 0 unspecified atom stereocenters. The Labute approximate surface area is 106 Å². The molecule has 2 rings (SSSR count). The molecule has 88 valence electrons. The molecule has 0 spiro atoms. The number of hydrogen-bond donors (Lipinski definition) is 0. The van der Waals surface area contributed by atoms with Crippen molar-refractivity contribution in [1.29, 1.82) is 0 Å². The van der Waals surface area contributed by atoms with Gasteiger partial charge in [0.05, 0.1) is 0 Å². The largest absolute Gasteiger partial charge is 0.438 e. The summed E-state index contributed by atoms with van der Waals surface area (Å²) >= 11 is 6.07. The van der Waals surface area contributed by atoms with Gasteiger partial charge in [-0.3, -0.25) is 0 Å². The zero-order valence-electron chi connectivity index (χ0n) is 9.90. The molecule has 0 saturated carbocycles. The first-order valence-corrected chi connectivity index (χ1v) is 5.96. The van der Waals surface area contributed by atoms with E-state index in [9.17, 15) is 0 Å². The highest BCUT2D eigenvalue weighted by atomic mass is 35.5. The minimum absolute atomic E-state index is 0.450. The Kier molecular flexibility index (Phi) is 3.64. The van der Waals surface area contributed by atoms with Gasteiger partial charge < -0.3 is 4.74 Å². The van der Waals surface area contributed by atoms with E-state index in [1.165, 1.54) is 5.56 Å². The number of aromatic nitrogens is 1. The predicted molar refractivity (Wildman–Crippen MR) is 69.9 cm³/mol. The van der Waals surface area contributed by atoms with Crippen molar-refractivity contribution in [2.75, 3.05) is 0 Å². The molecule has 0 atom stereocenters. The van der Waals surface area contributed by atoms with Crippen LogP contribution in [0.2, 0.25) is 5.02 Å². The van der Waals surface area contributed by atoms with Gasteiger partial charge in [-0.25, -0.2) is 4.98 Å². The highest BCUT2D eigenvalue weighted by molar-refractivity contribution is 6.31. The van der Waals surface area contributed by atoms with Gasteiger partial charge in [-0.05, 0) is 42.7 Å². The average molecular weight is 248 g/mol. The normalized spacial score (nSPS) is 10.3. The van der Waals surface area contributed by atoms with E-state index >= 15 is 0 Å². The Morgan fingerprint density at radius 1 is 1.29 bits per heavy atom. The molecule has 0 N–H and O–H groups in total. The highest BCUT2D eigenvalue weighted by Gasteiger charge is 2.05. The van der Waals surface area contributed by atoms with Crippen molar-refractivity contribution in [2.24, 2.45) is 0 Å². The maximum atomic E-state index is 6.07. The molecule has 0 aliphatic carbocycles. The second kappa shape index (κ2) is 5.19. The van der Waals surface area contributed by atoms with Crippen molar-refractivity contribution in [3.8, 4) is 11.6 Å². The van der Waals surface area contributed by atoms with E-state index in [1.54, 1.807) is 6.20 Å². The minimum atomic E-state index is 0.450. The van der Waals surface area contributed by atoms with Crippen molar-refractivity contribution >= 4 is 11.6 Å². The quantitative estimate of drug-likeness (QED) is 0.802. The van der Waals surface area contributed by atoms with Crippen LogP contribution in [0.1, 0.15) is 18.1 Å². The summed E-state index contributed by atoms with van der Waals surface area (Å²) in [6.45, 7) is 4.05. The molecule has 2 aromatic rings. The van der Waals surface area contributed by atoms with E-state index in [-0.39, 0.29) is 0 Å². The lowest BCUT2D eigenvalue weighted by Crippen LogP contribution is -1.90. The summed E-state index contributed by atoms with van der Waals surface area (Å²) in [5.74, 6) is 1.22. The summed E-state index contributed by atoms with van der Waals surface area (Å²) in [6, 6.07) is 9.77. The molecule has 0 amide bonds. The van der Waals surface area contributed by atoms with Gasteiger partial charge >= 0.3 is 0 Å². The summed E-state index contributed by atoms with van der Waals surface area (Å²) in [5.41, 5.74) is 2.25. The van der Waals surface area contributed by atoms with Crippen molar-refractivity contribution in [2.45, 2.75) is 20.3 Å². The van der Waals surface area contributed by atoms with Crippen molar-refractivity contribution < 1.29 is 4.74 Å². The molecule has 0 fully saturated rings. The van der Waals surface area contributed by atoms with Crippen LogP contribution < -0.4 is 4.74 Å². The maximum absolute atomic E-state index is 6.07. The molecule has 3 heteroatoms. The van der Waals surface area contributed by atoms with E-state index in [0.717, 1.165) is 17.7 Å². The summed E-state index contributed by atoms with van der Waals surface area (Å²) in [5, 5.41) is 0.534. The number of ether oxygens (including phenoxy) is 1. The number of aryl methyl sites for hydroxylation is 2. The third kappa shape index (κ3) is 2.98. The van der Waals surface area contributed by atoms with Crippen LogP contribution in [0, 0.1) is 6.92 Å². The van der Waals surface area contributed by atoms with Gasteiger partial charge in [-0.2, -0.15) is 0 Å². The lowest BCUT2D eigenvalue weighted by molar-refractivity contribution is 0.462. The van der Waals surface area contributed by atoms with Crippen LogP contribution in [0.5, 0.6) is 11.6 Å². The van der Waals surface area contributed by atoms with Crippen molar-refractivity contribution in [3.05, 3.63) is 52.7 Å². The van der Waals surface area contributed by atoms with E-state index in [2.05, 4.69) is 18.0 Å². The zero-order chi connectivity index (χ0) is 12.3. The van der Waals surface area contributed by atoms with Gasteiger partial charge in [0.1, 0.15) is 10.8 Å². The smallest absolute Gasteiger partial charge is 0.238 e. The molecular weight excluding hydrogens is 234 g/mol. The van der Waals surface area contributed by atoms with Crippen LogP contribution in [-0.2, 0) is 6.42 Å². The lowest BCUT2D eigenvalue weighted by Gasteiger charge is -2.07. The fourth-order valence-corrected chi connectivity index (χ4v) is 1.80. The van der Waals surface area contributed by atoms with Crippen LogP contribution in [0.25, 0.3) is 0 Å². The first-order valence-electron chi connectivity index (χ1n) is 5.58. The van der Waals surface area contributed by atoms with E-state index in [4.69, 9.17) is 16.3 Å². The van der Waals surface area contributed by atoms with Gasteiger partial charge in [0, 0.05) is 6.20 Å². The van der Waals surface area contributed by atoms with Gasteiger partial charge in [0.25, 0.3) is 0 Å². The van der Waals surface area contributed by atoms with Crippen LogP contribution in [-0.4, -0.2) is 4.98 Å². The van der Waals surface area contributed by atoms with Crippen LogP contribution in [0.3, 0.4) is 0 Å². The molecule has 2 nitrogen and oxygen atoms in total. The fraction of sp³-hybridized carbons (Fsp3) is 0.214. The number of hydrogen-bond acceptors (Lipinski definition) is 2. The highest BCUT2D eigenvalue weighted by Crippen LogP contribution is 2.27. The molecule has 0 bridgehead atoms. The Morgan fingerprint density at radius 3 is 2.82 bits per heavy atom. The molecule has 0 aliphatic heterocycles. The zero-order valence-corrected chi connectivity index (χ0v) is 10.7. The lowest BCUT2D eigenvalue weighted by atomic mass is 10.2. The average Bonchev–Trinajstić information content (AvgIpc) is 2.33. The van der Waals surface area contributed by atoms with E-state index in [1.807, 2.05) is 31.2 Å². The monoisotopic (exact) mass is 247 g/mol. The predicted octanol–water partition coefficient (Wildman–Crippen LogP) is 4.40. The third-order valence-electron chi connectivity index (χ3n) is 2.47. The van der Waals surface area contributed by atoms with Crippen LogP contribution >= 0.6 is 11.6 Å². The van der Waals surface area contributed by atoms with Crippen molar-refractivity contribution in [3.63, 3.8) is 0 Å². The standard InChI is InChI=1S/C14H14ClNO/c1-3-11-5-4-6-12(8-11)17-14-13(15)7-10(2)9-16-14/h4-9H,3H2,1-2H3. The first-order chi connectivity index (χ1) is 8.19. The number of rotatable bonds is 3. The maximum Gasteiger partial charge on any atom is 0.238 e. The summed E-state index contributed by atoms with van der Waals surface area (Å²) in [6.07, 6.45) is 2.72.